The molecule has 0 fully saturated rings. The van der Waals surface area contributed by atoms with Gasteiger partial charge in [-0.2, -0.15) is 0 Å². The van der Waals surface area contributed by atoms with E-state index in [-0.39, 0.29) is 23.4 Å². The van der Waals surface area contributed by atoms with Gasteiger partial charge in [0.2, 0.25) is 0 Å². The van der Waals surface area contributed by atoms with Crippen LogP contribution in [0.5, 0.6) is 5.75 Å². The molecule has 3 heteroatoms. The molecule has 3 nitrogen and oxygen atoms in total. The maximum Gasteiger partial charge on any atom is 0.141 e. The lowest BCUT2D eigenvalue weighted by atomic mass is 9.88. The Bertz CT molecular complexity index is 343. The van der Waals surface area contributed by atoms with Gasteiger partial charge in [-0.25, -0.2) is 0 Å². The van der Waals surface area contributed by atoms with Gasteiger partial charge in [0, 0.05) is 18.9 Å². The first-order valence-corrected chi connectivity index (χ1v) is 5.55. The van der Waals surface area contributed by atoms with Crippen molar-refractivity contribution in [3.05, 3.63) is 29.8 Å². The highest BCUT2D eigenvalue weighted by molar-refractivity contribution is 5.83. The molecule has 1 aromatic rings. The molecule has 0 amide bonds. The number of phenols is 1. The zero-order chi connectivity index (χ0) is 12.1. The summed E-state index contributed by atoms with van der Waals surface area (Å²) in [5.41, 5.74) is 6.51. The molecule has 0 spiro atoms. The van der Waals surface area contributed by atoms with Crippen molar-refractivity contribution >= 4 is 5.78 Å². The Kier molecular flexibility index (Phi) is 4.50. The molecular weight excluding hydrogens is 202 g/mol. The summed E-state index contributed by atoms with van der Waals surface area (Å²) in [5.74, 6) is 0.585. The summed E-state index contributed by atoms with van der Waals surface area (Å²) in [6, 6.07) is 6.72. The molecule has 0 heterocycles. The molecule has 1 atom stereocenters. The number of carbonyl (C=O) groups excluding carboxylic acids is 1. The van der Waals surface area contributed by atoms with E-state index >= 15 is 0 Å². The van der Waals surface area contributed by atoms with Crippen LogP contribution in [0.3, 0.4) is 0 Å². The first-order valence-electron chi connectivity index (χ1n) is 5.55. The van der Waals surface area contributed by atoms with Gasteiger partial charge in [-0.3, -0.25) is 4.79 Å². The Morgan fingerprint density at radius 2 is 1.88 bits per heavy atom. The molecule has 0 bridgehead atoms. The van der Waals surface area contributed by atoms with Gasteiger partial charge in [-0.05, 0) is 23.6 Å². The molecule has 0 saturated carbocycles. The minimum Gasteiger partial charge on any atom is -0.508 e. The van der Waals surface area contributed by atoms with Gasteiger partial charge < -0.3 is 10.8 Å². The SMILES string of the molecule is CC(C)C(CN)C(=O)Cc1ccc(O)cc1. The molecule has 3 N–H and O–H groups in total. The van der Waals surface area contributed by atoms with Crippen molar-refractivity contribution in [2.75, 3.05) is 6.54 Å². The zero-order valence-corrected chi connectivity index (χ0v) is 9.81. The van der Waals surface area contributed by atoms with Crippen LogP contribution in [0.2, 0.25) is 0 Å². The number of hydrogen-bond acceptors (Lipinski definition) is 3. The topological polar surface area (TPSA) is 63.3 Å². The predicted octanol–water partition coefficient (Wildman–Crippen LogP) is 1.73. The number of hydrogen-bond donors (Lipinski definition) is 2. The number of benzene rings is 1. The number of carbonyl (C=O) groups is 1. The molecule has 1 unspecified atom stereocenters. The fourth-order valence-corrected chi connectivity index (χ4v) is 1.72. The van der Waals surface area contributed by atoms with E-state index in [0.29, 0.717) is 13.0 Å². The molecule has 88 valence electrons. The smallest absolute Gasteiger partial charge is 0.141 e. The number of nitrogens with two attached hydrogens (primary N) is 1. The number of aromatic hydroxyl groups is 1. The van der Waals surface area contributed by atoms with E-state index in [1.165, 1.54) is 0 Å². The van der Waals surface area contributed by atoms with Crippen LogP contribution >= 0.6 is 0 Å². The van der Waals surface area contributed by atoms with E-state index in [2.05, 4.69) is 0 Å². The second-order valence-electron chi connectivity index (χ2n) is 4.40. The van der Waals surface area contributed by atoms with Gasteiger partial charge in [0.15, 0.2) is 0 Å². The van der Waals surface area contributed by atoms with Gasteiger partial charge in [0.25, 0.3) is 0 Å². The third-order valence-electron chi connectivity index (χ3n) is 2.79. The Hall–Kier alpha value is -1.35. The van der Waals surface area contributed by atoms with Crippen molar-refractivity contribution in [3.63, 3.8) is 0 Å². The number of ketones is 1. The van der Waals surface area contributed by atoms with Gasteiger partial charge in [-0.15, -0.1) is 0 Å². The lowest BCUT2D eigenvalue weighted by Gasteiger charge is -2.17. The fraction of sp³-hybridized carbons (Fsp3) is 0.462. The van der Waals surface area contributed by atoms with E-state index in [4.69, 9.17) is 10.8 Å². The van der Waals surface area contributed by atoms with Gasteiger partial charge in [0.05, 0.1) is 0 Å². The summed E-state index contributed by atoms with van der Waals surface area (Å²) < 4.78 is 0. The maximum absolute atomic E-state index is 11.9. The minimum absolute atomic E-state index is 0.0752. The largest absolute Gasteiger partial charge is 0.508 e. The molecule has 0 radical (unpaired) electrons. The van der Waals surface area contributed by atoms with Crippen molar-refractivity contribution in [2.45, 2.75) is 20.3 Å². The van der Waals surface area contributed by atoms with Crippen LogP contribution in [0.25, 0.3) is 0 Å². The molecule has 0 aromatic heterocycles. The zero-order valence-electron chi connectivity index (χ0n) is 9.81. The summed E-state index contributed by atoms with van der Waals surface area (Å²) in [4.78, 5) is 11.9. The maximum atomic E-state index is 11.9. The molecule has 0 aliphatic rings. The monoisotopic (exact) mass is 221 g/mol. The molecule has 1 aromatic carbocycles. The molecule has 1 rings (SSSR count). The van der Waals surface area contributed by atoms with Gasteiger partial charge >= 0.3 is 0 Å². The fourth-order valence-electron chi connectivity index (χ4n) is 1.72. The highest BCUT2D eigenvalue weighted by atomic mass is 16.3. The Labute approximate surface area is 96.3 Å². The van der Waals surface area contributed by atoms with Crippen molar-refractivity contribution in [1.82, 2.24) is 0 Å². The first-order chi connectivity index (χ1) is 7.54. The van der Waals surface area contributed by atoms with Crippen LogP contribution in [0, 0.1) is 11.8 Å². The predicted molar refractivity (Wildman–Crippen MR) is 64.2 cm³/mol. The number of phenolic OH excluding ortho intramolecular Hbond substituents is 1. The van der Waals surface area contributed by atoms with Crippen molar-refractivity contribution in [1.29, 1.82) is 0 Å². The third-order valence-corrected chi connectivity index (χ3v) is 2.79. The third kappa shape index (κ3) is 3.35. The van der Waals surface area contributed by atoms with Crippen molar-refractivity contribution in [2.24, 2.45) is 17.6 Å². The van der Waals surface area contributed by atoms with Crippen LogP contribution in [-0.2, 0) is 11.2 Å². The molecular formula is C13H19NO2. The average molecular weight is 221 g/mol. The molecule has 0 aliphatic heterocycles. The number of rotatable bonds is 5. The summed E-state index contributed by atoms with van der Waals surface area (Å²) in [6.45, 7) is 4.41. The van der Waals surface area contributed by atoms with Crippen LogP contribution in [0.15, 0.2) is 24.3 Å². The van der Waals surface area contributed by atoms with Crippen molar-refractivity contribution < 1.29 is 9.90 Å². The van der Waals surface area contributed by atoms with E-state index in [1.807, 2.05) is 13.8 Å². The Balaban J connectivity index is 2.66. The van der Waals surface area contributed by atoms with E-state index in [9.17, 15) is 4.79 Å². The molecule has 16 heavy (non-hydrogen) atoms. The minimum atomic E-state index is -0.0752. The molecule has 0 saturated heterocycles. The van der Waals surface area contributed by atoms with Gasteiger partial charge in [0.1, 0.15) is 11.5 Å². The highest BCUT2D eigenvalue weighted by Crippen LogP contribution is 2.15. The Morgan fingerprint density at radius 3 is 2.31 bits per heavy atom. The van der Waals surface area contributed by atoms with Gasteiger partial charge in [-0.1, -0.05) is 26.0 Å². The molecule has 0 aliphatic carbocycles. The van der Waals surface area contributed by atoms with E-state index < -0.39 is 0 Å². The standard InChI is InChI=1S/C13H19NO2/c1-9(2)12(8-14)13(16)7-10-3-5-11(15)6-4-10/h3-6,9,12,15H,7-8,14H2,1-2H3. The van der Waals surface area contributed by atoms with E-state index in [1.54, 1.807) is 24.3 Å². The van der Waals surface area contributed by atoms with Crippen molar-refractivity contribution in [3.8, 4) is 5.75 Å². The summed E-state index contributed by atoms with van der Waals surface area (Å²) in [6.07, 6.45) is 0.389. The second kappa shape index (κ2) is 5.66. The van der Waals surface area contributed by atoms with Crippen LogP contribution in [-0.4, -0.2) is 17.4 Å². The van der Waals surface area contributed by atoms with Crippen LogP contribution in [0.4, 0.5) is 0 Å². The van der Waals surface area contributed by atoms with E-state index in [0.717, 1.165) is 5.56 Å². The average Bonchev–Trinajstić information content (AvgIpc) is 2.22. The first kappa shape index (κ1) is 12.7. The second-order valence-corrected chi connectivity index (χ2v) is 4.40. The summed E-state index contributed by atoms with van der Waals surface area (Å²) in [5, 5.41) is 9.13. The lowest BCUT2D eigenvalue weighted by molar-refractivity contribution is -0.123. The summed E-state index contributed by atoms with van der Waals surface area (Å²) >= 11 is 0. The Morgan fingerprint density at radius 1 is 1.31 bits per heavy atom. The van der Waals surface area contributed by atoms with Crippen LogP contribution < -0.4 is 5.73 Å². The quantitative estimate of drug-likeness (QED) is 0.796. The number of Topliss-reactive ketones (excluding diaryl/α,β-unsaturated/α-hetero) is 1. The lowest BCUT2D eigenvalue weighted by Crippen LogP contribution is -2.29. The highest BCUT2D eigenvalue weighted by Gasteiger charge is 2.20. The van der Waals surface area contributed by atoms with Crippen LogP contribution in [0.1, 0.15) is 19.4 Å². The summed E-state index contributed by atoms with van der Waals surface area (Å²) in [7, 11) is 0. The normalized spacial score (nSPS) is 12.8.